The summed E-state index contributed by atoms with van der Waals surface area (Å²) in [5, 5.41) is 0. The van der Waals surface area contributed by atoms with Crippen molar-refractivity contribution in [3.05, 3.63) is 29.3 Å². The largest absolute Gasteiger partial charge is 0.139 e. The molecule has 0 fully saturated rings. The maximum atomic E-state index is 2.29. The van der Waals surface area contributed by atoms with Gasteiger partial charge in [0.1, 0.15) is 23.5 Å². The predicted molar refractivity (Wildman–Crippen MR) is 59.1 cm³/mol. The Morgan fingerprint density at radius 1 is 1.00 bits per heavy atom. The van der Waals surface area contributed by atoms with E-state index >= 15 is 0 Å². The van der Waals surface area contributed by atoms with Crippen molar-refractivity contribution in [2.45, 2.75) is 12.6 Å². The molecule has 0 nitrogen and oxygen atoms in total. The maximum Gasteiger partial charge on any atom is 0.139 e. The van der Waals surface area contributed by atoms with Gasteiger partial charge in [-0.25, -0.2) is 0 Å². The summed E-state index contributed by atoms with van der Waals surface area (Å²) in [5.74, 6) is 0. The zero-order valence-corrected chi connectivity index (χ0v) is 7.65. The van der Waals surface area contributed by atoms with Crippen molar-refractivity contribution in [1.29, 1.82) is 0 Å². The molecule has 0 heterocycles. The fraction of sp³-hybridized carbons (Fsp3) is 0.250. The van der Waals surface area contributed by atoms with Crippen LogP contribution in [0.5, 0.6) is 0 Å². The van der Waals surface area contributed by atoms with E-state index in [1.165, 1.54) is 16.6 Å². The lowest BCUT2D eigenvalue weighted by Gasteiger charge is -2.05. The Bertz CT molecular complexity index is 245. The smallest absolute Gasteiger partial charge is 0.0887 e. The summed E-state index contributed by atoms with van der Waals surface area (Å²) in [5.41, 5.74) is 4.38. The highest BCUT2D eigenvalue weighted by Gasteiger charge is 1.96. The van der Waals surface area contributed by atoms with E-state index in [9.17, 15) is 0 Å². The Labute approximate surface area is 71.6 Å². The lowest BCUT2D eigenvalue weighted by Crippen LogP contribution is -2.06. The maximum absolute atomic E-state index is 2.29. The van der Waals surface area contributed by atoms with E-state index in [-0.39, 0.29) is 0 Å². The standard InChI is InChI=1S/C8H13B3/c9-4-6-1-2-8(11)3-7(6)5-10/h1-3H,4-5,9-11H2. The Morgan fingerprint density at radius 3 is 2.18 bits per heavy atom. The minimum absolute atomic E-state index is 1.16. The molecule has 0 aliphatic heterocycles. The molecule has 3 heteroatoms. The lowest BCUT2D eigenvalue weighted by atomic mass is 9.83. The quantitative estimate of drug-likeness (QED) is 0.427. The first kappa shape index (κ1) is 8.51. The van der Waals surface area contributed by atoms with Crippen LogP contribution < -0.4 is 5.46 Å². The van der Waals surface area contributed by atoms with E-state index < -0.39 is 0 Å². The molecule has 0 N–H and O–H groups in total. The van der Waals surface area contributed by atoms with E-state index in [4.69, 9.17) is 0 Å². The van der Waals surface area contributed by atoms with E-state index in [1.807, 2.05) is 0 Å². The number of benzene rings is 1. The zero-order chi connectivity index (χ0) is 8.27. The first-order valence-electron chi connectivity index (χ1n) is 4.36. The summed E-state index contributed by atoms with van der Waals surface area (Å²) in [6.45, 7) is 0. The lowest BCUT2D eigenvalue weighted by molar-refractivity contribution is 1.27. The van der Waals surface area contributed by atoms with Crippen LogP contribution in [0.15, 0.2) is 18.2 Å². The van der Waals surface area contributed by atoms with Crippen LogP contribution in [0.4, 0.5) is 0 Å². The molecule has 0 bridgehead atoms. The highest BCUT2D eigenvalue weighted by molar-refractivity contribution is 6.32. The van der Waals surface area contributed by atoms with Crippen molar-refractivity contribution in [2.75, 3.05) is 0 Å². The van der Waals surface area contributed by atoms with Gasteiger partial charge in [-0.05, 0) is 0 Å². The molecular weight excluding hydrogens is 129 g/mol. The molecular formula is C8H13B3. The molecule has 0 spiro atoms. The van der Waals surface area contributed by atoms with Gasteiger partial charge in [0.05, 0.1) is 0 Å². The number of hydrogen-bond donors (Lipinski definition) is 0. The third kappa shape index (κ3) is 1.92. The normalized spacial score (nSPS) is 9.82. The molecule has 0 aliphatic rings. The second-order valence-corrected chi connectivity index (χ2v) is 2.98. The topological polar surface area (TPSA) is 0 Å². The van der Waals surface area contributed by atoms with Crippen LogP contribution in [-0.2, 0) is 12.6 Å². The van der Waals surface area contributed by atoms with Crippen LogP contribution in [-0.4, -0.2) is 23.5 Å². The van der Waals surface area contributed by atoms with Gasteiger partial charge in [0.25, 0.3) is 0 Å². The molecule has 11 heavy (non-hydrogen) atoms. The van der Waals surface area contributed by atoms with Gasteiger partial charge in [-0.3, -0.25) is 0 Å². The van der Waals surface area contributed by atoms with Crippen LogP contribution in [0, 0.1) is 0 Å². The predicted octanol–water partition coefficient (Wildman–Crippen LogP) is -1.79. The van der Waals surface area contributed by atoms with Gasteiger partial charge in [-0.15, -0.1) is 0 Å². The van der Waals surface area contributed by atoms with Crippen LogP contribution in [0.3, 0.4) is 0 Å². The fourth-order valence-corrected chi connectivity index (χ4v) is 1.43. The van der Waals surface area contributed by atoms with Crippen LogP contribution in [0.25, 0.3) is 0 Å². The molecule has 1 rings (SSSR count). The van der Waals surface area contributed by atoms with Crippen LogP contribution >= 0.6 is 0 Å². The number of rotatable bonds is 2. The highest BCUT2D eigenvalue weighted by Crippen LogP contribution is 2.05. The summed E-state index contributed by atoms with van der Waals surface area (Å²) in [6.07, 6.45) is 2.31. The van der Waals surface area contributed by atoms with Gasteiger partial charge in [0, 0.05) is 0 Å². The average Bonchev–Trinajstić information content (AvgIpc) is 2.04. The van der Waals surface area contributed by atoms with Crippen molar-refractivity contribution >= 4 is 29.0 Å². The van der Waals surface area contributed by atoms with Crippen molar-refractivity contribution in [3.8, 4) is 0 Å². The van der Waals surface area contributed by atoms with Crippen molar-refractivity contribution in [1.82, 2.24) is 0 Å². The Balaban J connectivity index is 3.06. The first-order chi connectivity index (χ1) is 5.27. The molecule has 0 atom stereocenters. The third-order valence-corrected chi connectivity index (χ3v) is 2.12. The van der Waals surface area contributed by atoms with Gasteiger partial charge in [-0.1, -0.05) is 47.4 Å². The zero-order valence-electron chi connectivity index (χ0n) is 7.65. The van der Waals surface area contributed by atoms with Crippen LogP contribution in [0.1, 0.15) is 11.1 Å². The highest BCUT2D eigenvalue weighted by atomic mass is 14.0. The summed E-state index contributed by atoms with van der Waals surface area (Å²) < 4.78 is 0. The second kappa shape index (κ2) is 3.70. The van der Waals surface area contributed by atoms with Gasteiger partial charge in [0.2, 0.25) is 0 Å². The third-order valence-electron chi connectivity index (χ3n) is 2.12. The second-order valence-electron chi connectivity index (χ2n) is 2.98. The Hall–Kier alpha value is -0.585. The first-order valence-corrected chi connectivity index (χ1v) is 4.36. The van der Waals surface area contributed by atoms with Gasteiger partial charge >= 0.3 is 0 Å². The Kier molecular flexibility index (Phi) is 2.87. The fourth-order valence-electron chi connectivity index (χ4n) is 1.43. The molecule has 54 valence electrons. The molecule has 1 aromatic carbocycles. The van der Waals surface area contributed by atoms with E-state index in [2.05, 4.69) is 41.7 Å². The van der Waals surface area contributed by atoms with Crippen molar-refractivity contribution < 1.29 is 0 Å². The summed E-state index contributed by atoms with van der Waals surface area (Å²) >= 11 is 0. The average molecular weight is 142 g/mol. The molecule has 0 aliphatic carbocycles. The van der Waals surface area contributed by atoms with E-state index in [1.54, 1.807) is 0 Å². The molecule has 0 radical (unpaired) electrons. The monoisotopic (exact) mass is 142 g/mol. The van der Waals surface area contributed by atoms with E-state index in [0.717, 1.165) is 12.6 Å². The molecule has 0 saturated carbocycles. The molecule has 0 amide bonds. The van der Waals surface area contributed by atoms with Crippen molar-refractivity contribution in [3.63, 3.8) is 0 Å². The summed E-state index contributed by atoms with van der Waals surface area (Å²) in [4.78, 5) is 0. The molecule has 0 aromatic heterocycles. The molecule has 0 saturated heterocycles. The van der Waals surface area contributed by atoms with Crippen molar-refractivity contribution in [2.24, 2.45) is 0 Å². The summed E-state index contributed by atoms with van der Waals surface area (Å²) in [6, 6.07) is 6.73. The molecule has 0 unspecified atom stereocenters. The minimum Gasteiger partial charge on any atom is -0.0887 e. The SMILES string of the molecule is BCc1ccc(B)cc1CB. The minimum atomic E-state index is 1.16. The summed E-state index contributed by atoms with van der Waals surface area (Å²) in [7, 11) is 6.58. The van der Waals surface area contributed by atoms with Gasteiger partial charge in [0.15, 0.2) is 0 Å². The van der Waals surface area contributed by atoms with Crippen LogP contribution in [0.2, 0.25) is 0 Å². The van der Waals surface area contributed by atoms with Gasteiger partial charge < -0.3 is 0 Å². The molecule has 1 aromatic rings. The number of hydrogen-bond acceptors (Lipinski definition) is 0. The Morgan fingerprint density at radius 2 is 1.64 bits per heavy atom. The van der Waals surface area contributed by atoms with Gasteiger partial charge in [-0.2, -0.15) is 0 Å². The van der Waals surface area contributed by atoms with E-state index in [0.29, 0.717) is 0 Å².